The summed E-state index contributed by atoms with van der Waals surface area (Å²) in [7, 11) is 0. The topological polar surface area (TPSA) is 52.6 Å². The molecule has 1 heterocycles. The fourth-order valence-corrected chi connectivity index (χ4v) is 1.99. The Labute approximate surface area is 103 Å². The van der Waals surface area contributed by atoms with Crippen molar-refractivity contribution in [2.45, 2.75) is 6.42 Å². The number of aliphatic hydroxyl groups excluding tert-OH is 1. The van der Waals surface area contributed by atoms with E-state index in [4.69, 9.17) is 5.11 Å². The number of hydrogen-bond acceptors (Lipinski definition) is 2. The van der Waals surface area contributed by atoms with E-state index in [0.29, 0.717) is 13.1 Å². The van der Waals surface area contributed by atoms with Crippen molar-refractivity contribution >= 4 is 11.7 Å². The average Bonchev–Trinajstić information content (AvgIpc) is 2.75. The second kappa shape index (κ2) is 5.30. The quantitative estimate of drug-likeness (QED) is 0.848. The number of hydrogen-bond donors (Lipinski definition) is 2. The van der Waals surface area contributed by atoms with Crippen molar-refractivity contribution in [3.8, 4) is 0 Å². The minimum atomic E-state index is -0.736. The van der Waals surface area contributed by atoms with Gasteiger partial charge in [0.05, 0.1) is 0 Å². The lowest BCUT2D eigenvalue weighted by molar-refractivity contribution is 0.209. The van der Waals surface area contributed by atoms with Crippen LogP contribution in [0.4, 0.5) is 19.3 Å². The predicted molar refractivity (Wildman–Crippen MR) is 62.1 cm³/mol. The van der Waals surface area contributed by atoms with Gasteiger partial charge in [0.25, 0.3) is 0 Å². The molecule has 1 aliphatic rings. The first-order chi connectivity index (χ1) is 8.58. The van der Waals surface area contributed by atoms with E-state index in [9.17, 15) is 13.6 Å². The fourth-order valence-electron chi connectivity index (χ4n) is 1.99. The largest absolute Gasteiger partial charge is 0.396 e. The van der Waals surface area contributed by atoms with Crippen LogP contribution in [0.1, 0.15) is 6.42 Å². The highest BCUT2D eigenvalue weighted by Crippen LogP contribution is 2.18. The molecule has 0 aromatic heterocycles. The lowest BCUT2D eigenvalue weighted by Gasteiger charge is -2.17. The van der Waals surface area contributed by atoms with Crippen molar-refractivity contribution in [2.75, 3.05) is 25.0 Å². The lowest BCUT2D eigenvalue weighted by atomic mass is 10.1. The summed E-state index contributed by atoms with van der Waals surface area (Å²) in [5, 5.41) is 11.4. The van der Waals surface area contributed by atoms with Gasteiger partial charge in [-0.1, -0.05) is 0 Å². The SMILES string of the molecule is O=C(Nc1cc(F)cc(F)c1)N1CCC(CO)C1. The third kappa shape index (κ3) is 2.95. The fraction of sp³-hybridized carbons (Fsp3) is 0.417. The van der Waals surface area contributed by atoms with Crippen LogP contribution in [0, 0.1) is 17.6 Å². The average molecular weight is 256 g/mol. The molecule has 1 unspecified atom stereocenters. The Kier molecular flexibility index (Phi) is 3.76. The van der Waals surface area contributed by atoms with Gasteiger partial charge in [0.2, 0.25) is 0 Å². The highest BCUT2D eigenvalue weighted by atomic mass is 19.1. The van der Waals surface area contributed by atoms with Crippen molar-refractivity contribution in [3.63, 3.8) is 0 Å². The number of nitrogens with zero attached hydrogens (tertiary/aromatic N) is 1. The van der Waals surface area contributed by atoms with Gasteiger partial charge in [-0.05, 0) is 18.6 Å². The van der Waals surface area contributed by atoms with Crippen LogP contribution >= 0.6 is 0 Å². The van der Waals surface area contributed by atoms with Crippen molar-refractivity contribution in [1.82, 2.24) is 4.90 Å². The number of amides is 2. The highest BCUT2D eigenvalue weighted by molar-refractivity contribution is 5.89. The van der Waals surface area contributed by atoms with Gasteiger partial charge >= 0.3 is 6.03 Å². The van der Waals surface area contributed by atoms with Gasteiger partial charge < -0.3 is 15.3 Å². The molecule has 1 saturated heterocycles. The molecule has 98 valence electrons. The molecule has 1 aromatic carbocycles. The van der Waals surface area contributed by atoms with Gasteiger partial charge in [0.15, 0.2) is 0 Å². The summed E-state index contributed by atoms with van der Waals surface area (Å²) in [5.41, 5.74) is 0.0879. The van der Waals surface area contributed by atoms with E-state index in [2.05, 4.69) is 5.32 Å². The van der Waals surface area contributed by atoms with Gasteiger partial charge in [-0.25, -0.2) is 13.6 Å². The highest BCUT2D eigenvalue weighted by Gasteiger charge is 2.25. The summed E-state index contributed by atoms with van der Waals surface area (Å²) in [4.78, 5) is 13.3. The van der Waals surface area contributed by atoms with Gasteiger partial charge in [-0.15, -0.1) is 0 Å². The summed E-state index contributed by atoms with van der Waals surface area (Å²) in [5.74, 6) is -1.39. The summed E-state index contributed by atoms with van der Waals surface area (Å²) in [6, 6.07) is 2.45. The number of carbonyl (C=O) groups is 1. The molecule has 0 radical (unpaired) electrons. The van der Waals surface area contributed by atoms with E-state index in [-0.39, 0.29) is 18.2 Å². The molecule has 1 aliphatic heterocycles. The lowest BCUT2D eigenvalue weighted by Crippen LogP contribution is -2.33. The van der Waals surface area contributed by atoms with Crippen molar-refractivity contribution in [3.05, 3.63) is 29.8 Å². The Morgan fingerprint density at radius 1 is 1.39 bits per heavy atom. The van der Waals surface area contributed by atoms with Crippen molar-refractivity contribution in [2.24, 2.45) is 5.92 Å². The third-order valence-corrected chi connectivity index (χ3v) is 2.95. The van der Waals surface area contributed by atoms with Crippen LogP contribution in [-0.4, -0.2) is 35.7 Å². The zero-order valence-electron chi connectivity index (χ0n) is 9.70. The predicted octanol–water partition coefficient (Wildman–Crippen LogP) is 1.81. The molecule has 0 aliphatic carbocycles. The van der Waals surface area contributed by atoms with Crippen LogP contribution in [-0.2, 0) is 0 Å². The third-order valence-electron chi connectivity index (χ3n) is 2.95. The Hall–Kier alpha value is -1.69. The first-order valence-electron chi connectivity index (χ1n) is 5.71. The minimum Gasteiger partial charge on any atom is -0.396 e. The zero-order chi connectivity index (χ0) is 13.1. The number of likely N-dealkylation sites (tertiary alicyclic amines) is 1. The molecule has 2 N–H and O–H groups in total. The Morgan fingerprint density at radius 3 is 2.61 bits per heavy atom. The Morgan fingerprint density at radius 2 is 2.06 bits per heavy atom. The summed E-state index contributed by atoms with van der Waals surface area (Å²) in [6.45, 7) is 1.04. The summed E-state index contributed by atoms with van der Waals surface area (Å²) < 4.78 is 25.9. The number of carbonyl (C=O) groups excluding carboxylic acids is 1. The van der Waals surface area contributed by atoms with E-state index in [1.165, 1.54) is 4.90 Å². The molecule has 2 rings (SSSR count). The van der Waals surface area contributed by atoms with E-state index in [0.717, 1.165) is 24.6 Å². The van der Waals surface area contributed by atoms with E-state index in [1.54, 1.807) is 0 Å². The first kappa shape index (κ1) is 12.8. The molecule has 1 aromatic rings. The molecule has 18 heavy (non-hydrogen) atoms. The smallest absolute Gasteiger partial charge is 0.321 e. The first-order valence-corrected chi connectivity index (χ1v) is 5.71. The van der Waals surface area contributed by atoms with Crippen LogP contribution in [0.3, 0.4) is 0 Å². The molecule has 0 saturated carbocycles. The number of nitrogens with one attached hydrogen (secondary N) is 1. The zero-order valence-corrected chi connectivity index (χ0v) is 9.70. The van der Waals surface area contributed by atoms with Crippen LogP contribution in [0.25, 0.3) is 0 Å². The molecule has 2 amide bonds. The minimum absolute atomic E-state index is 0.0401. The molecular formula is C12H14F2N2O2. The van der Waals surface area contributed by atoms with E-state index in [1.807, 2.05) is 0 Å². The van der Waals surface area contributed by atoms with Crippen LogP contribution < -0.4 is 5.32 Å². The monoisotopic (exact) mass is 256 g/mol. The molecule has 4 nitrogen and oxygen atoms in total. The number of anilines is 1. The van der Waals surface area contributed by atoms with E-state index >= 15 is 0 Å². The van der Waals surface area contributed by atoms with Crippen molar-refractivity contribution < 1.29 is 18.7 Å². The van der Waals surface area contributed by atoms with Crippen molar-refractivity contribution in [1.29, 1.82) is 0 Å². The van der Waals surface area contributed by atoms with Crippen LogP contribution in [0.15, 0.2) is 18.2 Å². The van der Waals surface area contributed by atoms with E-state index < -0.39 is 17.7 Å². The summed E-state index contributed by atoms with van der Waals surface area (Å²) in [6.07, 6.45) is 0.738. The standard InChI is InChI=1S/C12H14F2N2O2/c13-9-3-10(14)5-11(4-9)15-12(18)16-2-1-8(6-16)7-17/h3-5,8,17H,1-2,6-7H2,(H,15,18). The van der Waals surface area contributed by atoms with Gasteiger partial charge in [-0.2, -0.15) is 0 Å². The van der Waals surface area contributed by atoms with Gasteiger partial charge in [0, 0.05) is 37.4 Å². The molecule has 1 atom stereocenters. The maximum atomic E-state index is 12.9. The number of aliphatic hydroxyl groups is 1. The van der Waals surface area contributed by atoms with Crippen LogP contribution in [0.5, 0.6) is 0 Å². The number of halogens is 2. The van der Waals surface area contributed by atoms with Crippen LogP contribution in [0.2, 0.25) is 0 Å². The van der Waals surface area contributed by atoms with Gasteiger partial charge in [0.1, 0.15) is 11.6 Å². The number of urea groups is 1. The molecular weight excluding hydrogens is 242 g/mol. The Bertz CT molecular complexity index is 433. The molecule has 0 spiro atoms. The maximum Gasteiger partial charge on any atom is 0.321 e. The Balaban J connectivity index is 1.99. The summed E-state index contributed by atoms with van der Waals surface area (Å²) >= 11 is 0. The maximum absolute atomic E-state index is 12.9. The second-order valence-electron chi connectivity index (χ2n) is 4.37. The number of benzene rings is 1. The van der Waals surface area contributed by atoms with Gasteiger partial charge in [-0.3, -0.25) is 0 Å². The molecule has 6 heteroatoms. The number of rotatable bonds is 2. The molecule has 0 bridgehead atoms. The normalized spacial score (nSPS) is 19.1. The second-order valence-corrected chi connectivity index (χ2v) is 4.37. The molecule has 1 fully saturated rings.